The van der Waals surface area contributed by atoms with Gasteiger partial charge < -0.3 is 17.3 Å². The van der Waals surface area contributed by atoms with Crippen LogP contribution in [0.5, 0.6) is 0 Å². The molecule has 0 radical (unpaired) electrons. The molecule has 1 heterocycles. The summed E-state index contributed by atoms with van der Waals surface area (Å²) in [5.74, 6) is 0.792. The van der Waals surface area contributed by atoms with E-state index in [2.05, 4.69) is 0 Å². The summed E-state index contributed by atoms with van der Waals surface area (Å²) in [6, 6.07) is 16.5. The molecule has 2 aromatic carbocycles. The normalized spacial score (nSPS) is 11.2. The van der Waals surface area contributed by atoms with Crippen LogP contribution in [0.25, 0.3) is 23.5 Å². The molecular formula is C19H17BF4N2O3. The van der Waals surface area contributed by atoms with Crippen molar-refractivity contribution in [1.29, 1.82) is 0 Å². The van der Waals surface area contributed by atoms with E-state index in [0.717, 1.165) is 22.6 Å². The maximum atomic E-state index is 10.7. The lowest BCUT2D eigenvalue weighted by Gasteiger charge is -1.94. The Labute approximate surface area is 164 Å². The summed E-state index contributed by atoms with van der Waals surface area (Å²) in [5, 5.41) is 10.7. The molecule has 0 N–H and O–H groups in total. The molecule has 0 spiro atoms. The average molecular weight is 408 g/mol. The van der Waals surface area contributed by atoms with Gasteiger partial charge in [0.1, 0.15) is 0 Å². The van der Waals surface area contributed by atoms with Crippen molar-refractivity contribution in [3.8, 4) is 11.3 Å². The molecule has 0 saturated carbocycles. The first-order valence-electron chi connectivity index (χ1n) is 8.40. The van der Waals surface area contributed by atoms with Gasteiger partial charge in [0.05, 0.1) is 11.0 Å². The zero-order valence-corrected chi connectivity index (χ0v) is 15.6. The first kappa shape index (κ1) is 21.9. The summed E-state index contributed by atoms with van der Waals surface area (Å²) in [6.07, 6.45) is 3.82. The van der Waals surface area contributed by atoms with Crippen molar-refractivity contribution >= 4 is 25.1 Å². The monoisotopic (exact) mass is 408 g/mol. The van der Waals surface area contributed by atoms with Crippen molar-refractivity contribution in [3.05, 3.63) is 81.5 Å². The van der Waals surface area contributed by atoms with Gasteiger partial charge in [0.25, 0.3) is 11.4 Å². The fourth-order valence-electron chi connectivity index (χ4n) is 2.35. The van der Waals surface area contributed by atoms with Gasteiger partial charge in [-0.05, 0) is 35.4 Å². The van der Waals surface area contributed by atoms with Crippen LogP contribution in [0.1, 0.15) is 16.8 Å². The molecule has 0 fully saturated rings. The zero-order valence-electron chi connectivity index (χ0n) is 15.6. The predicted octanol–water partition coefficient (Wildman–Crippen LogP) is 5.46. The Morgan fingerprint density at radius 3 is 2.07 bits per heavy atom. The van der Waals surface area contributed by atoms with Gasteiger partial charge in [-0.1, -0.05) is 29.8 Å². The van der Waals surface area contributed by atoms with Crippen LogP contribution in [0.3, 0.4) is 0 Å². The molecule has 0 aliphatic rings. The van der Waals surface area contributed by atoms with E-state index >= 15 is 0 Å². The van der Waals surface area contributed by atoms with Gasteiger partial charge in [-0.2, -0.15) is 0 Å². The second-order valence-electron chi connectivity index (χ2n) is 6.07. The third kappa shape index (κ3) is 7.25. The van der Waals surface area contributed by atoms with Crippen molar-refractivity contribution < 1.29 is 31.4 Å². The van der Waals surface area contributed by atoms with Gasteiger partial charge in [-0.25, -0.2) is 4.52 Å². The number of hydrogen-bond acceptors (Lipinski definition) is 3. The molecule has 0 aliphatic carbocycles. The van der Waals surface area contributed by atoms with Crippen molar-refractivity contribution in [1.82, 2.24) is 0 Å². The van der Waals surface area contributed by atoms with Crippen LogP contribution in [0.2, 0.25) is 0 Å². The maximum Gasteiger partial charge on any atom is 0.673 e. The second-order valence-corrected chi connectivity index (χ2v) is 6.07. The SMILES string of the molecule is Cc1ccc(-c2cc(/C=C/c3ccc([N+](=O)[O-])cc3)[n+](C)o2)cc1.F[B-](F)(F)F. The first-order valence-corrected chi connectivity index (χ1v) is 8.40. The number of nitro groups is 1. The Bertz CT molecular complexity index is 992. The van der Waals surface area contributed by atoms with Crippen molar-refractivity contribution in [2.45, 2.75) is 6.92 Å². The lowest BCUT2D eigenvalue weighted by Crippen LogP contribution is -2.27. The molecule has 0 saturated heterocycles. The summed E-state index contributed by atoms with van der Waals surface area (Å²) in [6.45, 7) is 2.05. The van der Waals surface area contributed by atoms with E-state index in [9.17, 15) is 27.4 Å². The molecule has 0 amide bonds. The Kier molecular flexibility index (Phi) is 6.92. The van der Waals surface area contributed by atoms with E-state index < -0.39 is 12.2 Å². The van der Waals surface area contributed by atoms with E-state index in [1.165, 1.54) is 17.7 Å². The molecule has 0 unspecified atom stereocenters. The predicted molar refractivity (Wildman–Crippen MR) is 102 cm³/mol. The maximum absolute atomic E-state index is 10.7. The summed E-state index contributed by atoms with van der Waals surface area (Å²) < 4.78 is 46.4. The Morgan fingerprint density at radius 2 is 1.55 bits per heavy atom. The smallest absolute Gasteiger partial charge is 0.418 e. The summed E-state index contributed by atoms with van der Waals surface area (Å²) in [7, 11) is -4.16. The minimum atomic E-state index is -6.00. The number of hydrogen-bond donors (Lipinski definition) is 0. The molecule has 10 heteroatoms. The van der Waals surface area contributed by atoms with E-state index in [1.54, 1.807) is 16.9 Å². The highest BCUT2D eigenvalue weighted by atomic mass is 19.5. The highest BCUT2D eigenvalue weighted by Crippen LogP contribution is 2.21. The number of halogens is 4. The first-order chi connectivity index (χ1) is 13.5. The number of aryl methyl sites for hydroxylation is 2. The van der Waals surface area contributed by atoms with Gasteiger partial charge in [0, 0.05) is 23.8 Å². The fraction of sp³-hybridized carbons (Fsp3) is 0.105. The van der Waals surface area contributed by atoms with Crippen LogP contribution in [0, 0.1) is 17.0 Å². The van der Waals surface area contributed by atoms with Crippen LogP contribution >= 0.6 is 0 Å². The molecule has 1 aromatic heterocycles. The van der Waals surface area contributed by atoms with Crippen molar-refractivity contribution in [3.63, 3.8) is 0 Å². The summed E-state index contributed by atoms with van der Waals surface area (Å²) >= 11 is 0. The van der Waals surface area contributed by atoms with Gasteiger partial charge in [-0.15, -0.1) is 0 Å². The zero-order chi connectivity index (χ0) is 21.6. The third-order valence-electron chi connectivity index (χ3n) is 3.76. The van der Waals surface area contributed by atoms with E-state index in [1.807, 2.05) is 56.5 Å². The van der Waals surface area contributed by atoms with Crippen LogP contribution in [-0.2, 0) is 7.05 Å². The number of benzene rings is 2. The van der Waals surface area contributed by atoms with E-state index in [0.29, 0.717) is 0 Å². The van der Waals surface area contributed by atoms with Crippen LogP contribution < -0.4 is 4.74 Å². The summed E-state index contributed by atoms with van der Waals surface area (Å²) in [5.41, 5.74) is 4.10. The lowest BCUT2D eigenvalue weighted by molar-refractivity contribution is -0.844. The van der Waals surface area contributed by atoms with Crippen LogP contribution in [0.4, 0.5) is 23.0 Å². The van der Waals surface area contributed by atoms with Crippen LogP contribution in [-0.4, -0.2) is 12.2 Å². The van der Waals surface area contributed by atoms with Gasteiger partial charge in [-0.3, -0.25) is 10.1 Å². The number of non-ortho nitro benzene ring substituents is 1. The second kappa shape index (κ2) is 9.18. The minimum Gasteiger partial charge on any atom is -0.418 e. The number of nitro benzene ring substituents is 1. The standard InChI is InChI=1S/C19H17N2O3.BF4/c1-14-3-8-16(9-4-14)19-13-18(20(2)24-19)12-7-15-5-10-17(11-6-15)21(22)23;2-1(3,4)5/h3-13H,1-2H3;/q+1;-1/b12-7+;. The molecule has 3 rings (SSSR count). The van der Waals surface area contributed by atoms with Crippen molar-refractivity contribution in [2.24, 2.45) is 7.05 Å². The average Bonchev–Trinajstić information content (AvgIpc) is 3.00. The largest absolute Gasteiger partial charge is 0.673 e. The van der Waals surface area contributed by atoms with Crippen LogP contribution in [0.15, 0.2) is 59.1 Å². The molecule has 152 valence electrons. The highest BCUT2D eigenvalue weighted by molar-refractivity contribution is 6.50. The fourth-order valence-corrected chi connectivity index (χ4v) is 2.35. The van der Waals surface area contributed by atoms with Crippen molar-refractivity contribution in [2.75, 3.05) is 0 Å². The summed E-state index contributed by atoms with van der Waals surface area (Å²) in [4.78, 5) is 10.3. The number of nitrogens with zero attached hydrogens (tertiary/aromatic N) is 2. The minimum absolute atomic E-state index is 0.0858. The Morgan fingerprint density at radius 1 is 1.00 bits per heavy atom. The number of rotatable bonds is 4. The Hall–Kier alpha value is -3.43. The molecule has 5 nitrogen and oxygen atoms in total. The molecule has 0 bridgehead atoms. The topological polar surface area (TPSA) is 60.2 Å². The van der Waals surface area contributed by atoms with Gasteiger partial charge in [0.15, 0.2) is 7.05 Å². The molecule has 0 aliphatic heterocycles. The van der Waals surface area contributed by atoms with E-state index in [-0.39, 0.29) is 5.69 Å². The number of aromatic nitrogens is 1. The van der Waals surface area contributed by atoms with Gasteiger partial charge in [0.2, 0.25) is 5.76 Å². The molecule has 3 aromatic rings. The van der Waals surface area contributed by atoms with E-state index in [4.69, 9.17) is 4.52 Å². The highest BCUT2D eigenvalue weighted by Gasteiger charge is 2.20. The molecule has 29 heavy (non-hydrogen) atoms. The lowest BCUT2D eigenvalue weighted by atomic mass is 10.1. The molecule has 0 atom stereocenters. The van der Waals surface area contributed by atoms with Gasteiger partial charge >= 0.3 is 7.25 Å². The molecular weight excluding hydrogens is 391 g/mol. The third-order valence-corrected chi connectivity index (χ3v) is 3.76. The Balaban J connectivity index is 0.000000537. The quantitative estimate of drug-likeness (QED) is 0.189.